The average molecular weight is 410 g/mol. The van der Waals surface area contributed by atoms with Crippen LogP contribution in [0.5, 0.6) is 11.5 Å². The third-order valence-corrected chi connectivity index (χ3v) is 4.50. The van der Waals surface area contributed by atoms with Crippen molar-refractivity contribution in [3.05, 3.63) is 75.5 Å². The molecule has 1 amide bonds. The second-order valence-corrected chi connectivity index (χ2v) is 6.65. The zero-order valence-electron chi connectivity index (χ0n) is 16.7. The van der Waals surface area contributed by atoms with E-state index in [4.69, 9.17) is 9.47 Å². The van der Waals surface area contributed by atoms with Crippen molar-refractivity contribution in [1.82, 2.24) is 10.2 Å². The fourth-order valence-electron chi connectivity index (χ4n) is 2.95. The van der Waals surface area contributed by atoms with Crippen molar-refractivity contribution >= 4 is 17.4 Å². The van der Waals surface area contributed by atoms with Crippen LogP contribution < -0.4 is 14.8 Å². The molecule has 0 aliphatic heterocycles. The number of methoxy groups -OCH3 is 2. The van der Waals surface area contributed by atoms with E-state index < -0.39 is 4.92 Å². The Morgan fingerprint density at radius 1 is 1.03 bits per heavy atom. The highest BCUT2D eigenvalue weighted by Crippen LogP contribution is 2.23. The molecule has 0 saturated carbocycles. The highest BCUT2D eigenvalue weighted by atomic mass is 16.6. The Morgan fingerprint density at radius 3 is 2.30 bits per heavy atom. The van der Waals surface area contributed by atoms with Crippen LogP contribution in [-0.4, -0.2) is 35.2 Å². The first-order valence-electron chi connectivity index (χ1n) is 9.26. The SMILES string of the molecule is COc1cc(CCc2cc(NC(=O)Cc3ccc([N+](=O)[O-])cc3)n[nH]2)cc(OC)c1. The van der Waals surface area contributed by atoms with Gasteiger partial charge in [0.25, 0.3) is 5.69 Å². The van der Waals surface area contributed by atoms with Crippen LogP contribution in [0, 0.1) is 10.1 Å². The molecule has 2 aromatic carbocycles. The van der Waals surface area contributed by atoms with E-state index in [0.717, 1.165) is 29.2 Å². The van der Waals surface area contributed by atoms with E-state index in [2.05, 4.69) is 15.5 Å². The van der Waals surface area contributed by atoms with Gasteiger partial charge in [0.2, 0.25) is 5.91 Å². The van der Waals surface area contributed by atoms with Gasteiger partial charge in [-0.2, -0.15) is 5.10 Å². The fraction of sp³-hybridized carbons (Fsp3) is 0.238. The Kier molecular flexibility index (Phi) is 6.63. The van der Waals surface area contributed by atoms with Gasteiger partial charge in [-0.15, -0.1) is 0 Å². The summed E-state index contributed by atoms with van der Waals surface area (Å²) in [6, 6.07) is 13.4. The number of nitro benzene ring substituents is 1. The lowest BCUT2D eigenvalue weighted by molar-refractivity contribution is -0.384. The van der Waals surface area contributed by atoms with Crippen molar-refractivity contribution in [2.24, 2.45) is 0 Å². The number of hydrogen-bond donors (Lipinski definition) is 2. The second-order valence-electron chi connectivity index (χ2n) is 6.65. The number of nitrogens with zero attached hydrogens (tertiary/aromatic N) is 2. The van der Waals surface area contributed by atoms with Crippen LogP contribution in [0.1, 0.15) is 16.8 Å². The highest BCUT2D eigenvalue weighted by Gasteiger charge is 2.10. The first kappa shape index (κ1) is 20.8. The predicted octanol–water partition coefficient (Wildman–Crippen LogP) is 3.30. The molecule has 0 aliphatic carbocycles. The van der Waals surface area contributed by atoms with Gasteiger partial charge in [0.1, 0.15) is 11.5 Å². The summed E-state index contributed by atoms with van der Waals surface area (Å²) in [5, 5.41) is 20.5. The van der Waals surface area contributed by atoms with Crippen molar-refractivity contribution in [1.29, 1.82) is 0 Å². The molecule has 3 aromatic rings. The first-order chi connectivity index (χ1) is 14.5. The number of nitrogens with one attached hydrogen (secondary N) is 2. The van der Waals surface area contributed by atoms with Gasteiger partial charge in [-0.3, -0.25) is 20.0 Å². The van der Waals surface area contributed by atoms with E-state index in [1.165, 1.54) is 12.1 Å². The molecule has 2 N–H and O–H groups in total. The zero-order valence-corrected chi connectivity index (χ0v) is 16.7. The van der Waals surface area contributed by atoms with Crippen molar-refractivity contribution in [2.45, 2.75) is 19.3 Å². The van der Waals surface area contributed by atoms with E-state index in [0.29, 0.717) is 17.8 Å². The third kappa shape index (κ3) is 5.57. The largest absolute Gasteiger partial charge is 0.497 e. The molecular formula is C21H22N4O5. The third-order valence-electron chi connectivity index (χ3n) is 4.50. The van der Waals surface area contributed by atoms with Crippen molar-refractivity contribution in [3.8, 4) is 11.5 Å². The van der Waals surface area contributed by atoms with Gasteiger partial charge in [-0.25, -0.2) is 0 Å². The molecule has 0 saturated heterocycles. The summed E-state index contributed by atoms with van der Waals surface area (Å²) < 4.78 is 10.6. The number of anilines is 1. The van der Waals surface area contributed by atoms with E-state index in [1.54, 1.807) is 32.4 Å². The van der Waals surface area contributed by atoms with E-state index >= 15 is 0 Å². The molecule has 1 heterocycles. The number of rotatable bonds is 9. The molecule has 9 heteroatoms. The maximum atomic E-state index is 12.2. The normalized spacial score (nSPS) is 10.5. The molecule has 0 bridgehead atoms. The van der Waals surface area contributed by atoms with Crippen LogP contribution in [0.4, 0.5) is 11.5 Å². The number of aromatic nitrogens is 2. The number of carbonyl (C=O) groups excluding carboxylic acids is 1. The summed E-state index contributed by atoms with van der Waals surface area (Å²) in [4.78, 5) is 22.4. The molecule has 3 rings (SSSR count). The van der Waals surface area contributed by atoms with E-state index in [9.17, 15) is 14.9 Å². The monoisotopic (exact) mass is 410 g/mol. The number of benzene rings is 2. The van der Waals surface area contributed by atoms with Crippen LogP contribution in [0.15, 0.2) is 48.5 Å². The lowest BCUT2D eigenvalue weighted by Gasteiger charge is -2.08. The topological polar surface area (TPSA) is 119 Å². The molecule has 156 valence electrons. The average Bonchev–Trinajstić information content (AvgIpc) is 3.19. The predicted molar refractivity (Wildman–Crippen MR) is 111 cm³/mol. The molecule has 0 spiro atoms. The maximum Gasteiger partial charge on any atom is 0.269 e. The van der Waals surface area contributed by atoms with Gasteiger partial charge >= 0.3 is 0 Å². The molecular weight excluding hydrogens is 388 g/mol. The minimum absolute atomic E-state index is 0.00948. The number of hydrogen-bond acceptors (Lipinski definition) is 6. The summed E-state index contributed by atoms with van der Waals surface area (Å²) >= 11 is 0. The standard InChI is InChI=1S/C21H22N4O5/c1-29-18-9-15(10-19(13-18)30-2)3-6-16-12-20(24-23-16)22-21(26)11-14-4-7-17(8-5-14)25(27)28/h4-5,7-10,12-13H,3,6,11H2,1-2H3,(H2,22,23,24,26). The van der Waals surface area contributed by atoms with E-state index in [-0.39, 0.29) is 18.0 Å². The summed E-state index contributed by atoms with van der Waals surface area (Å²) in [7, 11) is 3.22. The number of carbonyl (C=O) groups is 1. The summed E-state index contributed by atoms with van der Waals surface area (Å²) in [5.74, 6) is 1.64. The Labute approximate surface area is 173 Å². The van der Waals surface area contributed by atoms with Gasteiger partial charge in [0.15, 0.2) is 5.82 Å². The van der Waals surface area contributed by atoms with Crippen molar-refractivity contribution in [3.63, 3.8) is 0 Å². The Morgan fingerprint density at radius 2 is 1.70 bits per heavy atom. The molecule has 0 unspecified atom stereocenters. The van der Waals surface area contributed by atoms with Crippen LogP contribution in [0.3, 0.4) is 0 Å². The minimum Gasteiger partial charge on any atom is -0.497 e. The lowest BCUT2D eigenvalue weighted by atomic mass is 10.1. The molecule has 30 heavy (non-hydrogen) atoms. The summed E-state index contributed by atoms with van der Waals surface area (Å²) in [5.41, 5.74) is 2.61. The number of ether oxygens (including phenoxy) is 2. The second kappa shape index (κ2) is 9.55. The minimum atomic E-state index is -0.475. The van der Waals surface area contributed by atoms with Crippen molar-refractivity contribution < 1.29 is 19.2 Å². The van der Waals surface area contributed by atoms with Gasteiger partial charge < -0.3 is 14.8 Å². The number of amides is 1. The Bertz CT molecular complexity index is 1010. The lowest BCUT2D eigenvalue weighted by Crippen LogP contribution is -2.14. The van der Waals surface area contributed by atoms with Crippen LogP contribution in [-0.2, 0) is 24.1 Å². The highest BCUT2D eigenvalue weighted by molar-refractivity contribution is 5.91. The number of H-pyrrole nitrogens is 1. The van der Waals surface area contributed by atoms with Gasteiger partial charge in [0, 0.05) is 30.0 Å². The Balaban J connectivity index is 1.54. The quantitative estimate of drug-likeness (QED) is 0.413. The molecule has 0 radical (unpaired) electrons. The number of aromatic amines is 1. The van der Waals surface area contributed by atoms with Crippen LogP contribution >= 0.6 is 0 Å². The molecule has 9 nitrogen and oxygen atoms in total. The molecule has 0 aliphatic rings. The zero-order chi connectivity index (χ0) is 21.5. The van der Waals surface area contributed by atoms with Crippen molar-refractivity contribution in [2.75, 3.05) is 19.5 Å². The fourth-order valence-corrected chi connectivity index (χ4v) is 2.95. The molecule has 0 fully saturated rings. The van der Waals surface area contributed by atoms with Gasteiger partial charge in [-0.05, 0) is 36.1 Å². The van der Waals surface area contributed by atoms with E-state index in [1.807, 2.05) is 18.2 Å². The molecule has 1 aromatic heterocycles. The maximum absolute atomic E-state index is 12.2. The van der Waals surface area contributed by atoms with Gasteiger partial charge in [0.05, 0.1) is 25.6 Å². The number of nitro groups is 1. The van der Waals surface area contributed by atoms with Crippen LogP contribution in [0.2, 0.25) is 0 Å². The summed E-state index contributed by atoms with van der Waals surface area (Å²) in [6.07, 6.45) is 1.54. The Hall–Kier alpha value is -3.88. The molecule has 0 atom stereocenters. The smallest absolute Gasteiger partial charge is 0.269 e. The number of non-ortho nitro benzene ring substituents is 1. The summed E-state index contributed by atoms with van der Waals surface area (Å²) in [6.45, 7) is 0. The van der Waals surface area contributed by atoms with Crippen LogP contribution in [0.25, 0.3) is 0 Å². The number of aryl methyl sites for hydroxylation is 2. The first-order valence-corrected chi connectivity index (χ1v) is 9.26. The van der Waals surface area contributed by atoms with Gasteiger partial charge in [-0.1, -0.05) is 12.1 Å².